The van der Waals surface area contributed by atoms with Crippen molar-refractivity contribution >= 4 is 33.2 Å². The van der Waals surface area contributed by atoms with Gasteiger partial charge in [0.05, 0.1) is 5.69 Å². The van der Waals surface area contributed by atoms with Crippen molar-refractivity contribution in [3.05, 3.63) is 58.3 Å². The first-order valence-electron chi connectivity index (χ1n) is 6.24. The predicted octanol–water partition coefficient (Wildman–Crippen LogP) is 3.56. The maximum absolute atomic E-state index is 13.6. The third kappa shape index (κ3) is 2.54. The number of carbonyl (C=O) groups excluding carboxylic acids is 1. The molecule has 2 aromatic rings. The standard InChI is InChI=1S/C15H12BrFN2O/c16-10-5-6-11(17)13(8-10)19-15(20)14-7-9-3-1-2-4-12(9)18-14/h1-6,8,14,18H,7H2,(H,19,20). The average molecular weight is 335 g/mol. The zero-order chi connectivity index (χ0) is 14.1. The Morgan fingerprint density at radius 3 is 2.90 bits per heavy atom. The van der Waals surface area contributed by atoms with Crippen molar-refractivity contribution in [2.24, 2.45) is 0 Å². The average Bonchev–Trinajstić information content (AvgIpc) is 2.87. The normalized spacial score (nSPS) is 16.4. The molecule has 0 saturated carbocycles. The van der Waals surface area contributed by atoms with Crippen LogP contribution in [0.5, 0.6) is 0 Å². The highest BCUT2D eigenvalue weighted by atomic mass is 79.9. The van der Waals surface area contributed by atoms with Crippen LogP contribution in [0.4, 0.5) is 15.8 Å². The van der Waals surface area contributed by atoms with Gasteiger partial charge in [-0.3, -0.25) is 4.79 Å². The number of nitrogens with one attached hydrogen (secondary N) is 2. The van der Waals surface area contributed by atoms with Gasteiger partial charge >= 0.3 is 0 Å². The lowest BCUT2D eigenvalue weighted by molar-refractivity contribution is -0.116. The zero-order valence-corrected chi connectivity index (χ0v) is 12.1. The van der Waals surface area contributed by atoms with Gasteiger partial charge in [0.1, 0.15) is 11.9 Å². The molecule has 1 heterocycles. The van der Waals surface area contributed by atoms with Crippen molar-refractivity contribution in [3.8, 4) is 0 Å². The second-order valence-electron chi connectivity index (χ2n) is 4.67. The lowest BCUT2D eigenvalue weighted by atomic mass is 10.1. The Morgan fingerprint density at radius 1 is 1.30 bits per heavy atom. The Morgan fingerprint density at radius 2 is 2.10 bits per heavy atom. The summed E-state index contributed by atoms with van der Waals surface area (Å²) in [7, 11) is 0. The maximum Gasteiger partial charge on any atom is 0.247 e. The molecule has 0 aliphatic carbocycles. The van der Waals surface area contributed by atoms with Crippen LogP contribution >= 0.6 is 15.9 Å². The molecule has 2 N–H and O–H groups in total. The van der Waals surface area contributed by atoms with Crippen LogP contribution in [0.25, 0.3) is 0 Å². The zero-order valence-electron chi connectivity index (χ0n) is 10.5. The molecule has 0 spiro atoms. The molecule has 0 fully saturated rings. The minimum Gasteiger partial charge on any atom is -0.373 e. The van der Waals surface area contributed by atoms with Crippen LogP contribution in [-0.4, -0.2) is 11.9 Å². The molecule has 0 saturated heterocycles. The number of amides is 1. The number of benzene rings is 2. The number of carbonyl (C=O) groups is 1. The summed E-state index contributed by atoms with van der Waals surface area (Å²) in [5, 5.41) is 5.76. The number of para-hydroxylation sites is 1. The minimum absolute atomic E-state index is 0.183. The van der Waals surface area contributed by atoms with E-state index in [1.165, 1.54) is 6.07 Å². The molecule has 3 rings (SSSR count). The van der Waals surface area contributed by atoms with Crippen LogP contribution in [0.15, 0.2) is 46.9 Å². The van der Waals surface area contributed by atoms with E-state index >= 15 is 0 Å². The second-order valence-corrected chi connectivity index (χ2v) is 5.59. The first-order valence-corrected chi connectivity index (χ1v) is 7.03. The van der Waals surface area contributed by atoms with Crippen molar-refractivity contribution in [1.82, 2.24) is 0 Å². The van der Waals surface area contributed by atoms with Gasteiger partial charge in [-0.2, -0.15) is 0 Å². The number of hydrogen-bond donors (Lipinski definition) is 2. The van der Waals surface area contributed by atoms with Crippen LogP contribution in [-0.2, 0) is 11.2 Å². The molecule has 102 valence electrons. The summed E-state index contributed by atoms with van der Waals surface area (Å²) in [6.45, 7) is 0. The molecule has 0 radical (unpaired) electrons. The van der Waals surface area contributed by atoms with Crippen molar-refractivity contribution in [2.45, 2.75) is 12.5 Å². The van der Waals surface area contributed by atoms with E-state index in [-0.39, 0.29) is 17.6 Å². The highest BCUT2D eigenvalue weighted by Crippen LogP contribution is 2.26. The first-order chi connectivity index (χ1) is 9.63. The molecule has 1 aliphatic rings. The molecular weight excluding hydrogens is 323 g/mol. The molecule has 3 nitrogen and oxygen atoms in total. The molecule has 5 heteroatoms. The van der Waals surface area contributed by atoms with E-state index in [2.05, 4.69) is 26.6 Å². The summed E-state index contributed by atoms with van der Waals surface area (Å²) in [6.07, 6.45) is 0.609. The summed E-state index contributed by atoms with van der Waals surface area (Å²) >= 11 is 3.26. The Labute approximate surface area is 124 Å². The van der Waals surface area contributed by atoms with E-state index in [9.17, 15) is 9.18 Å². The summed E-state index contributed by atoms with van der Waals surface area (Å²) < 4.78 is 14.3. The molecule has 1 amide bonds. The van der Waals surface area contributed by atoms with Crippen molar-refractivity contribution in [2.75, 3.05) is 10.6 Å². The van der Waals surface area contributed by atoms with Gasteiger partial charge in [-0.15, -0.1) is 0 Å². The van der Waals surface area contributed by atoms with Gasteiger partial charge in [-0.05, 0) is 29.8 Å². The molecule has 1 unspecified atom stereocenters. The van der Waals surface area contributed by atoms with Crippen molar-refractivity contribution in [3.63, 3.8) is 0 Å². The van der Waals surface area contributed by atoms with E-state index in [0.717, 1.165) is 15.7 Å². The number of hydrogen-bond acceptors (Lipinski definition) is 2. The minimum atomic E-state index is -0.447. The number of anilines is 2. The number of rotatable bonds is 2. The molecule has 1 atom stereocenters. The van der Waals surface area contributed by atoms with Gasteiger partial charge in [-0.1, -0.05) is 34.1 Å². The van der Waals surface area contributed by atoms with E-state index in [1.54, 1.807) is 12.1 Å². The molecule has 1 aliphatic heterocycles. The van der Waals surface area contributed by atoms with E-state index in [4.69, 9.17) is 0 Å². The Balaban J connectivity index is 1.74. The van der Waals surface area contributed by atoms with Crippen LogP contribution < -0.4 is 10.6 Å². The second kappa shape index (κ2) is 5.25. The topological polar surface area (TPSA) is 41.1 Å². The van der Waals surface area contributed by atoms with Gasteiger partial charge in [-0.25, -0.2) is 4.39 Å². The van der Waals surface area contributed by atoms with Crippen LogP contribution in [0.1, 0.15) is 5.56 Å². The quantitative estimate of drug-likeness (QED) is 0.881. The van der Waals surface area contributed by atoms with Gasteiger partial charge in [0.15, 0.2) is 0 Å². The fourth-order valence-corrected chi connectivity index (χ4v) is 2.63. The lowest BCUT2D eigenvalue weighted by Gasteiger charge is -2.12. The van der Waals surface area contributed by atoms with Gasteiger partial charge in [0.2, 0.25) is 5.91 Å². The van der Waals surface area contributed by atoms with E-state index in [0.29, 0.717) is 6.42 Å². The maximum atomic E-state index is 13.6. The SMILES string of the molecule is O=C(Nc1cc(Br)ccc1F)C1Cc2ccccc2N1. The summed E-state index contributed by atoms with van der Waals surface area (Å²) in [4.78, 5) is 12.2. The van der Waals surface area contributed by atoms with Crippen LogP contribution in [0.2, 0.25) is 0 Å². The summed E-state index contributed by atoms with van der Waals surface area (Å²) in [5.74, 6) is -0.685. The molecular formula is C15H12BrFN2O. The molecule has 2 aromatic carbocycles. The molecule has 0 bridgehead atoms. The Kier molecular flexibility index (Phi) is 3.44. The molecule has 20 heavy (non-hydrogen) atoms. The predicted molar refractivity (Wildman–Crippen MR) is 80.3 cm³/mol. The van der Waals surface area contributed by atoms with Crippen molar-refractivity contribution < 1.29 is 9.18 Å². The number of halogens is 2. The smallest absolute Gasteiger partial charge is 0.247 e. The Bertz CT molecular complexity index is 650. The van der Waals surface area contributed by atoms with Gasteiger partial charge < -0.3 is 10.6 Å². The van der Waals surface area contributed by atoms with Gasteiger partial charge in [0, 0.05) is 16.6 Å². The fraction of sp³-hybridized carbons (Fsp3) is 0.133. The monoisotopic (exact) mass is 334 g/mol. The lowest BCUT2D eigenvalue weighted by Crippen LogP contribution is -2.33. The van der Waals surface area contributed by atoms with Crippen molar-refractivity contribution in [1.29, 1.82) is 0 Å². The first kappa shape index (κ1) is 13.1. The summed E-state index contributed by atoms with van der Waals surface area (Å²) in [5.41, 5.74) is 2.24. The highest BCUT2D eigenvalue weighted by Gasteiger charge is 2.26. The van der Waals surface area contributed by atoms with Gasteiger partial charge in [0.25, 0.3) is 0 Å². The van der Waals surface area contributed by atoms with E-state index < -0.39 is 5.82 Å². The fourth-order valence-electron chi connectivity index (χ4n) is 2.27. The largest absolute Gasteiger partial charge is 0.373 e. The Hall–Kier alpha value is -1.88. The summed E-state index contributed by atoms with van der Waals surface area (Å²) in [6, 6.07) is 11.9. The van der Waals surface area contributed by atoms with Crippen LogP contribution in [0.3, 0.4) is 0 Å². The third-order valence-electron chi connectivity index (χ3n) is 3.27. The third-order valence-corrected chi connectivity index (χ3v) is 3.77. The molecule has 0 aromatic heterocycles. The highest BCUT2D eigenvalue weighted by molar-refractivity contribution is 9.10. The number of fused-ring (bicyclic) bond motifs is 1. The van der Waals surface area contributed by atoms with Crippen LogP contribution in [0, 0.1) is 5.82 Å². The van der Waals surface area contributed by atoms with E-state index in [1.807, 2.05) is 24.3 Å².